The summed E-state index contributed by atoms with van der Waals surface area (Å²) >= 11 is 5.37. The maximum absolute atomic E-state index is 11.0. The summed E-state index contributed by atoms with van der Waals surface area (Å²) in [6.45, 7) is 0.277. The lowest BCUT2D eigenvalue weighted by Gasteiger charge is -2.09. The van der Waals surface area contributed by atoms with Crippen LogP contribution in [0.15, 0.2) is 53.6 Å². The molecule has 0 aliphatic carbocycles. The number of carboxylic acids is 1. The molecular weight excluding hydrogens is 332 g/mol. The van der Waals surface area contributed by atoms with Crippen molar-refractivity contribution in [2.45, 2.75) is 6.61 Å². The van der Waals surface area contributed by atoms with E-state index in [1.807, 2.05) is 12.1 Å². The minimum absolute atomic E-state index is 0.165. The molecule has 0 spiro atoms. The Labute approximate surface area is 143 Å². The number of halogens is 1. The third kappa shape index (κ3) is 5.10. The van der Waals surface area contributed by atoms with E-state index in [1.54, 1.807) is 24.3 Å². The zero-order valence-electron chi connectivity index (χ0n) is 12.6. The van der Waals surface area contributed by atoms with Crippen LogP contribution in [-0.4, -0.2) is 29.1 Å². The second-order valence-electron chi connectivity index (χ2n) is 4.76. The minimum atomic E-state index is -0.969. The van der Waals surface area contributed by atoms with E-state index in [-0.39, 0.29) is 18.1 Å². The smallest absolute Gasteiger partial charge is 0.335 e. The van der Waals surface area contributed by atoms with Crippen LogP contribution in [0.3, 0.4) is 0 Å². The zero-order valence-corrected chi connectivity index (χ0v) is 13.4. The average Bonchev–Trinajstić information content (AvgIpc) is 2.61. The van der Waals surface area contributed by atoms with Crippen LogP contribution in [0, 0.1) is 0 Å². The van der Waals surface area contributed by atoms with Crippen molar-refractivity contribution < 1.29 is 19.4 Å². The monoisotopic (exact) mass is 346 g/mol. The SMILES string of the molecule is O=C(CCl)N/N=C/c1ccccc1OCc1ccc(C(=O)O)cc1. The van der Waals surface area contributed by atoms with Gasteiger partial charge in [0.1, 0.15) is 18.2 Å². The molecule has 7 heteroatoms. The Balaban J connectivity index is 2.02. The van der Waals surface area contributed by atoms with Crippen molar-refractivity contribution in [1.29, 1.82) is 0 Å². The van der Waals surface area contributed by atoms with Crippen LogP contribution in [0.2, 0.25) is 0 Å². The molecule has 0 radical (unpaired) electrons. The Morgan fingerprint density at radius 2 is 1.88 bits per heavy atom. The molecule has 24 heavy (non-hydrogen) atoms. The lowest BCUT2D eigenvalue weighted by atomic mass is 10.1. The Morgan fingerprint density at radius 3 is 2.54 bits per heavy atom. The first-order chi connectivity index (χ1) is 11.6. The van der Waals surface area contributed by atoms with Crippen LogP contribution in [0.5, 0.6) is 5.75 Å². The van der Waals surface area contributed by atoms with Crippen molar-refractivity contribution in [3.8, 4) is 5.75 Å². The normalized spacial score (nSPS) is 10.5. The summed E-state index contributed by atoms with van der Waals surface area (Å²) in [5.74, 6) is -0.946. The minimum Gasteiger partial charge on any atom is -0.488 e. The first kappa shape index (κ1) is 17.5. The molecule has 0 saturated heterocycles. The van der Waals surface area contributed by atoms with E-state index in [9.17, 15) is 9.59 Å². The lowest BCUT2D eigenvalue weighted by Crippen LogP contribution is -2.18. The van der Waals surface area contributed by atoms with Gasteiger partial charge in [0.05, 0.1) is 11.8 Å². The fourth-order valence-corrected chi connectivity index (χ4v) is 1.89. The van der Waals surface area contributed by atoms with Gasteiger partial charge in [0, 0.05) is 5.56 Å². The molecule has 0 bridgehead atoms. The van der Waals surface area contributed by atoms with Crippen LogP contribution in [0.25, 0.3) is 0 Å². The van der Waals surface area contributed by atoms with Crippen molar-refractivity contribution in [3.63, 3.8) is 0 Å². The van der Waals surface area contributed by atoms with Gasteiger partial charge in [0.15, 0.2) is 0 Å². The molecule has 2 rings (SSSR count). The molecule has 0 aliphatic rings. The topological polar surface area (TPSA) is 88.0 Å². The summed E-state index contributed by atoms with van der Waals surface area (Å²) in [6, 6.07) is 13.6. The highest BCUT2D eigenvalue weighted by atomic mass is 35.5. The van der Waals surface area contributed by atoms with E-state index >= 15 is 0 Å². The maximum atomic E-state index is 11.0. The van der Waals surface area contributed by atoms with Gasteiger partial charge in [0.25, 0.3) is 5.91 Å². The number of benzene rings is 2. The van der Waals surface area contributed by atoms with E-state index in [0.29, 0.717) is 11.3 Å². The van der Waals surface area contributed by atoms with Gasteiger partial charge < -0.3 is 9.84 Å². The van der Waals surface area contributed by atoms with Crippen LogP contribution in [0.1, 0.15) is 21.5 Å². The molecule has 1 amide bonds. The molecule has 0 saturated carbocycles. The molecule has 124 valence electrons. The number of aromatic carboxylic acids is 1. The zero-order chi connectivity index (χ0) is 17.4. The second kappa shape index (κ2) is 8.69. The number of hydrogen-bond acceptors (Lipinski definition) is 4. The highest BCUT2D eigenvalue weighted by Gasteiger charge is 2.04. The standard InChI is InChI=1S/C17H15ClN2O4/c18-9-16(21)20-19-10-14-3-1-2-4-15(14)24-11-12-5-7-13(8-6-12)17(22)23/h1-8,10H,9,11H2,(H,20,21)(H,22,23)/b19-10+. The number of rotatable bonds is 7. The Morgan fingerprint density at radius 1 is 1.17 bits per heavy atom. The summed E-state index contributed by atoms with van der Waals surface area (Å²) in [7, 11) is 0. The van der Waals surface area contributed by atoms with Gasteiger partial charge in [0.2, 0.25) is 0 Å². The number of carbonyl (C=O) groups excluding carboxylic acids is 1. The third-order valence-electron chi connectivity index (χ3n) is 3.03. The fraction of sp³-hybridized carbons (Fsp3) is 0.118. The molecule has 0 fully saturated rings. The number of carbonyl (C=O) groups is 2. The largest absolute Gasteiger partial charge is 0.488 e. The number of hydrogen-bond donors (Lipinski definition) is 2. The molecule has 0 heterocycles. The van der Waals surface area contributed by atoms with Crippen LogP contribution >= 0.6 is 11.6 Å². The number of nitrogens with one attached hydrogen (secondary N) is 1. The average molecular weight is 347 g/mol. The number of amides is 1. The first-order valence-electron chi connectivity index (χ1n) is 7.02. The molecule has 2 aromatic rings. The molecule has 2 aromatic carbocycles. The molecule has 0 atom stereocenters. The quantitative estimate of drug-likeness (QED) is 0.458. The van der Waals surface area contributed by atoms with Gasteiger partial charge >= 0.3 is 5.97 Å². The van der Waals surface area contributed by atoms with Crippen molar-refractivity contribution in [1.82, 2.24) is 5.43 Å². The number of para-hydroxylation sites is 1. The number of alkyl halides is 1. The molecule has 0 aromatic heterocycles. The second-order valence-corrected chi connectivity index (χ2v) is 5.02. The van der Waals surface area contributed by atoms with Gasteiger partial charge in [-0.2, -0.15) is 5.10 Å². The van der Waals surface area contributed by atoms with Crippen molar-refractivity contribution in [2.75, 3.05) is 5.88 Å². The van der Waals surface area contributed by atoms with Gasteiger partial charge in [-0.25, -0.2) is 10.2 Å². The number of hydrazone groups is 1. The summed E-state index contributed by atoms with van der Waals surface area (Å²) in [5.41, 5.74) is 4.03. The van der Waals surface area contributed by atoms with Crippen LogP contribution < -0.4 is 10.2 Å². The molecule has 2 N–H and O–H groups in total. The number of carboxylic acid groups (broad SMARTS) is 1. The Kier molecular flexibility index (Phi) is 6.33. The van der Waals surface area contributed by atoms with Gasteiger partial charge in [-0.1, -0.05) is 24.3 Å². The van der Waals surface area contributed by atoms with Crippen LogP contribution in [0.4, 0.5) is 0 Å². The summed E-state index contributed by atoms with van der Waals surface area (Å²) in [5, 5.41) is 12.7. The van der Waals surface area contributed by atoms with Gasteiger partial charge in [-0.3, -0.25) is 4.79 Å². The number of ether oxygens (including phenoxy) is 1. The van der Waals surface area contributed by atoms with Crippen molar-refractivity contribution in [2.24, 2.45) is 5.10 Å². The summed E-state index contributed by atoms with van der Waals surface area (Å²) in [6.07, 6.45) is 1.47. The molecule has 0 unspecified atom stereocenters. The lowest BCUT2D eigenvalue weighted by molar-refractivity contribution is -0.118. The van der Waals surface area contributed by atoms with E-state index < -0.39 is 11.9 Å². The van der Waals surface area contributed by atoms with Gasteiger partial charge in [-0.15, -0.1) is 11.6 Å². The highest BCUT2D eigenvalue weighted by molar-refractivity contribution is 6.27. The van der Waals surface area contributed by atoms with Crippen LogP contribution in [-0.2, 0) is 11.4 Å². The van der Waals surface area contributed by atoms with E-state index in [0.717, 1.165) is 5.56 Å². The third-order valence-corrected chi connectivity index (χ3v) is 3.27. The maximum Gasteiger partial charge on any atom is 0.335 e. The molecule has 6 nitrogen and oxygen atoms in total. The molecule has 0 aliphatic heterocycles. The highest BCUT2D eigenvalue weighted by Crippen LogP contribution is 2.17. The van der Waals surface area contributed by atoms with E-state index in [1.165, 1.54) is 18.3 Å². The molecular formula is C17H15ClN2O4. The Hall–Kier alpha value is -2.86. The number of nitrogens with zero attached hydrogens (tertiary/aromatic N) is 1. The van der Waals surface area contributed by atoms with Crippen molar-refractivity contribution in [3.05, 3.63) is 65.2 Å². The Bertz CT molecular complexity index is 745. The first-order valence-corrected chi connectivity index (χ1v) is 7.55. The van der Waals surface area contributed by atoms with E-state index in [2.05, 4.69) is 10.5 Å². The summed E-state index contributed by atoms with van der Waals surface area (Å²) < 4.78 is 5.73. The van der Waals surface area contributed by atoms with E-state index in [4.69, 9.17) is 21.4 Å². The predicted molar refractivity (Wildman–Crippen MR) is 90.6 cm³/mol. The fourth-order valence-electron chi connectivity index (χ4n) is 1.83. The van der Waals surface area contributed by atoms with Crippen molar-refractivity contribution >= 4 is 29.7 Å². The summed E-state index contributed by atoms with van der Waals surface area (Å²) in [4.78, 5) is 21.9. The predicted octanol–water partition coefficient (Wildman–Crippen LogP) is 2.65. The van der Waals surface area contributed by atoms with Gasteiger partial charge in [-0.05, 0) is 29.8 Å².